The minimum absolute atomic E-state index is 0. The van der Waals surface area contributed by atoms with Gasteiger partial charge in [0.25, 0.3) is 0 Å². The van der Waals surface area contributed by atoms with Crippen LogP contribution in [-0.4, -0.2) is 67.6 Å². The van der Waals surface area contributed by atoms with Gasteiger partial charge in [0.2, 0.25) is 0 Å². The van der Waals surface area contributed by atoms with E-state index in [1.165, 1.54) is 0 Å². The Hall–Kier alpha value is -0.133. The van der Waals surface area contributed by atoms with Crippen LogP contribution in [0.5, 0.6) is 0 Å². The fraction of sp³-hybridized carbons (Fsp3) is 0.833. The predicted octanol–water partition coefficient (Wildman–Crippen LogP) is -6.38. The number of carboxylic acids is 1. The van der Waals surface area contributed by atoms with Crippen molar-refractivity contribution in [2.45, 2.75) is 24.4 Å². The molecule has 0 unspecified atom stereocenters. The smallest absolute Gasteiger partial charge is 0.479 e. The van der Waals surface area contributed by atoms with Gasteiger partial charge < -0.3 is 30.6 Å². The van der Waals surface area contributed by atoms with Gasteiger partial charge in [-0.3, -0.25) is 0 Å². The molecule has 4 atom stereocenters. The van der Waals surface area contributed by atoms with Crippen molar-refractivity contribution in [2.75, 3.05) is 6.61 Å². The number of hydrogen-bond acceptors (Lipinski definition) is 6. The fourth-order valence-corrected chi connectivity index (χ4v) is 0.668. The van der Waals surface area contributed by atoms with Crippen LogP contribution in [0.1, 0.15) is 1.43 Å². The molecule has 0 saturated heterocycles. The summed E-state index contributed by atoms with van der Waals surface area (Å²) in [7, 11) is 0. The summed E-state index contributed by atoms with van der Waals surface area (Å²) in [5, 5.41) is 51.8. The first kappa shape index (κ1) is 16.3. The second kappa shape index (κ2) is 7.20. The molecule has 14 heavy (non-hydrogen) atoms. The van der Waals surface area contributed by atoms with Gasteiger partial charge in [0.1, 0.15) is 18.3 Å². The van der Waals surface area contributed by atoms with E-state index in [1.807, 2.05) is 0 Å². The Labute approximate surface area is 93.3 Å². The van der Waals surface area contributed by atoms with Gasteiger partial charge in [-0.05, 0) is 0 Å². The van der Waals surface area contributed by atoms with Crippen molar-refractivity contribution >= 4 is 5.97 Å². The van der Waals surface area contributed by atoms with Gasteiger partial charge in [0, 0.05) is 0 Å². The summed E-state index contributed by atoms with van der Waals surface area (Å²) in [5.41, 5.74) is 0. The summed E-state index contributed by atoms with van der Waals surface area (Å²) in [6.45, 7) is -0.843. The topological polar surface area (TPSA) is 138 Å². The Bertz CT molecular complexity index is 181. The van der Waals surface area contributed by atoms with Gasteiger partial charge in [0.15, 0.2) is 6.10 Å². The Morgan fingerprint density at radius 3 is 1.86 bits per heavy atom. The van der Waals surface area contributed by atoms with Crippen LogP contribution in [0, 0.1) is 0 Å². The van der Waals surface area contributed by atoms with Gasteiger partial charge >= 0.3 is 26.3 Å². The number of hydrogen-bond donors (Lipinski definition) is 6. The van der Waals surface area contributed by atoms with E-state index in [1.54, 1.807) is 0 Å². The summed E-state index contributed by atoms with van der Waals surface area (Å²) in [6.07, 6.45) is -7.84. The molecular formula is C6H13LiO7+2. The number of aliphatic carboxylic acids is 1. The van der Waals surface area contributed by atoms with Crippen molar-refractivity contribution in [1.29, 1.82) is 0 Å². The molecule has 8 heteroatoms. The van der Waals surface area contributed by atoms with Gasteiger partial charge in [0.05, 0.1) is 6.61 Å². The van der Waals surface area contributed by atoms with Crippen molar-refractivity contribution < 1.29 is 55.7 Å². The third-order valence-corrected chi connectivity index (χ3v) is 1.51. The minimum atomic E-state index is -2.20. The van der Waals surface area contributed by atoms with Crippen LogP contribution in [0.4, 0.5) is 0 Å². The van der Waals surface area contributed by atoms with Crippen LogP contribution < -0.4 is 18.9 Å². The molecule has 0 aliphatic rings. The molecule has 0 heterocycles. The van der Waals surface area contributed by atoms with Gasteiger partial charge in [-0.2, -0.15) is 0 Å². The molecule has 78 valence electrons. The second-order valence-electron chi connectivity index (χ2n) is 2.51. The zero-order valence-corrected chi connectivity index (χ0v) is 7.61. The van der Waals surface area contributed by atoms with E-state index in [4.69, 9.17) is 30.6 Å². The molecule has 0 radical (unpaired) electrons. The summed E-state index contributed by atoms with van der Waals surface area (Å²) >= 11 is 0. The van der Waals surface area contributed by atoms with Crippen LogP contribution in [0.2, 0.25) is 0 Å². The van der Waals surface area contributed by atoms with E-state index in [0.29, 0.717) is 0 Å². The molecule has 0 aromatic heterocycles. The van der Waals surface area contributed by atoms with Crippen LogP contribution >= 0.6 is 0 Å². The van der Waals surface area contributed by atoms with Crippen LogP contribution in [-0.2, 0) is 4.79 Å². The monoisotopic (exact) mass is 204 g/mol. The summed E-state index contributed by atoms with van der Waals surface area (Å²) in [5.74, 6) is -1.73. The Kier molecular flexibility index (Phi) is 8.38. The summed E-state index contributed by atoms with van der Waals surface area (Å²) < 4.78 is 0. The molecule has 0 fully saturated rings. The van der Waals surface area contributed by atoms with Crippen molar-refractivity contribution in [3.63, 3.8) is 0 Å². The van der Waals surface area contributed by atoms with Crippen molar-refractivity contribution in [2.24, 2.45) is 0 Å². The molecule has 0 aromatic carbocycles. The van der Waals surface area contributed by atoms with Gasteiger partial charge in [-0.25, -0.2) is 4.79 Å². The third kappa shape index (κ3) is 4.39. The SMILES string of the molecule is O=C(O)[C@H](O)[C@@H](O)[C@H](O)[C@H](O)CO.[H+].[Li+]. The maximum atomic E-state index is 10.1. The maximum Gasteiger partial charge on any atom is 1.00 e. The quantitative estimate of drug-likeness (QED) is 0.245. The van der Waals surface area contributed by atoms with E-state index in [9.17, 15) is 4.79 Å². The fourth-order valence-electron chi connectivity index (χ4n) is 0.668. The molecule has 0 spiro atoms. The Morgan fingerprint density at radius 1 is 1.14 bits per heavy atom. The van der Waals surface area contributed by atoms with Crippen LogP contribution in [0.3, 0.4) is 0 Å². The van der Waals surface area contributed by atoms with Gasteiger partial charge in [-0.1, -0.05) is 0 Å². The normalized spacial score (nSPS) is 18.9. The molecule has 7 nitrogen and oxygen atoms in total. The average molecular weight is 204 g/mol. The molecular weight excluding hydrogens is 191 g/mol. The van der Waals surface area contributed by atoms with E-state index < -0.39 is 37.0 Å². The predicted molar refractivity (Wildman–Crippen MR) is 39.9 cm³/mol. The Balaban J connectivity index is -0.000000720. The zero-order valence-electron chi connectivity index (χ0n) is 8.61. The first-order valence-electron chi connectivity index (χ1n) is 3.47. The molecule has 0 bridgehead atoms. The molecule has 0 saturated carbocycles. The molecule has 0 rings (SSSR count). The molecule has 0 aliphatic heterocycles. The standard InChI is InChI=1S/C6H12O7.Li/c7-1-2(8)3(9)4(10)5(11)6(12)13;/h2-5,7-11H,1H2,(H,12,13);/q;+1/p+1/t2-,3-,4+,5-;/m1./s1. The minimum Gasteiger partial charge on any atom is -0.479 e. The van der Waals surface area contributed by atoms with E-state index in [-0.39, 0.29) is 20.3 Å². The largest absolute Gasteiger partial charge is 1.00 e. The van der Waals surface area contributed by atoms with E-state index in [0.717, 1.165) is 0 Å². The average Bonchev–Trinajstić information content (AvgIpc) is 2.12. The summed E-state index contributed by atoms with van der Waals surface area (Å²) in [6, 6.07) is 0. The first-order valence-corrected chi connectivity index (χ1v) is 3.47. The Morgan fingerprint density at radius 2 is 1.57 bits per heavy atom. The molecule has 0 aromatic rings. The van der Waals surface area contributed by atoms with Crippen LogP contribution in [0.25, 0.3) is 0 Å². The number of aliphatic hydroxyl groups excluding tert-OH is 5. The number of rotatable bonds is 5. The first-order chi connectivity index (χ1) is 5.91. The molecule has 6 N–H and O–H groups in total. The van der Waals surface area contributed by atoms with Gasteiger partial charge in [-0.15, -0.1) is 0 Å². The number of carbonyl (C=O) groups is 1. The molecule has 0 aliphatic carbocycles. The second-order valence-corrected chi connectivity index (χ2v) is 2.51. The van der Waals surface area contributed by atoms with Crippen LogP contribution in [0.15, 0.2) is 0 Å². The van der Waals surface area contributed by atoms with E-state index >= 15 is 0 Å². The van der Waals surface area contributed by atoms with E-state index in [2.05, 4.69) is 0 Å². The summed E-state index contributed by atoms with van der Waals surface area (Å²) in [4.78, 5) is 10.1. The third-order valence-electron chi connectivity index (χ3n) is 1.51. The number of aliphatic hydroxyl groups is 5. The van der Waals surface area contributed by atoms with Crippen molar-refractivity contribution in [3.05, 3.63) is 0 Å². The molecule has 0 amide bonds. The van der Waals surface area contributed by atoms with Crippen molar-refractivity contribution in [1.82, 2.24) is 0 Å². The zero-order chi connectivity index (χ0) is 10.6. The maximum absolute atomic E-state index is 10.1. The number of carboxylic acid groups (broad SMARTS) is 1. The van der Waals surface area contributed by atoms with Crippen molar-refractivity contribution in [3.8, 4) is 0 Å².